The minimum absolute atomic E-state index is 0.00345. The number of nitrogens with one attached hydrogen (secondary N) is 9. The van der Waals surface area contributed by atoms with Crippen molar-refractivity contribution in [1.29, 1.82) is 0 Å². The zero-order valence-electron chi connectivity index (χ0n) is 46.2. The van der Waals surface area contributed by atoms with Crippen molar-refractivity contribution < 1.29 is 43.8 Å². The number of phenols is 1. The number of aliphatic hydroxyl groups is 1. The van der Waals surface area contributed by atoms with Gasteiger partial charge >= 0.3 is 0 Å². The number of nitrogens with two attached hydrogens (primary N) is 5. The number of phenolic OH excluding ortho intramolecular Hbond substituents is 1. The molecule has 4 heterocycles. The number of hydrogen-bond donors (Lipinski definition) is 16. The summed E-state index contributed by atoms with van der Waals surface area (Å²) in [7, 11) is 0. The van der Waals surface area contributed by atoms with Gasteiger partial charge in [-0.2, -0.15) is 0 Å². The van der Waals surface area contributed by atoms with Crippen LogP contribution in [-0.4, -0.2) is 164 Å². The molecule has 82 heavy (non-hydrogen) atoms. The summed E-state index contributed by atoms with van der Waals surface area (Å²) in [5, 5.41) is 49.7. The summed E-state index contributed by atoms with van der Waals surface area (Å²) >= 11 is 2.66. The van der Waals surface area contributed by atoms with E-state index in [-0.39, 0.29) is 66.9 Å². The van der Waals surface area contributed by atoms with Gasteiger partial charge in [-0.1, -0.05) is 19.1 Å². The summed E-state index contributed by atoms with van der Waals surface area (Å²) in [6.07, 6.45) is 5.03. The molecule has 0 saturated carbocycles. The molecule has 0 unspecified atom stereocenters. The normalized spacial score (nSPS) is 13.9. The van der Waals surface area contributed by atoms with E-state index in [9.17, 15) is 43.8 Å². The molecule has 0 bridgehead atoms. The number of amides is 7. The first kappa shape index (κ1) is 65.2. The lowest BCUT2D eigenvalue weighted by Crippen LogP contribution is -2.56. The van der Waals surface area contributed by atoms with E-state index in [1.54, 1.807) is 17.5 Å². The first-order valence-electron chi connectivity index (χ1n) is 26.9. The number of nitrogen functional groups attached to an aromatic ring is 1. The second-order valence-corrected chi connectivity index (χ2v) is 21.4. The van der Waals surface area contributed by atoms with Crippen LogP contribution in [0.15, 0.2) is 47.5 Å². The molecule has 5 aromatic rings. The van der Waals surface area contributed by atoms with Crippen LogP contribution >= 0.6 is 22.7 Å². The highest BCUT2D eigenvalue weighted by molar-refractivity contribution is 7.14. The van der Waals surface area contributed by atoms with E-state index in [4.69, 9.17) is 28.7 Å². The van der Waals surface area contributed by atoms with Crippen LogP contribution < -0.4 is 71.2 Å². The van der Waals surface area contributed by atoms with Gasteiger partial charge in [0.05, 0.1) is 41.5 Å². The Morgan fingerprint density at radius 1 is 0.756 bits per heavy atom. The monoisotopic (exact) mass is 1180 g/mol. The number of carbonyl (C=O) groups is 7. The van der Waals surface area contributed by atoms with Gasteiger partial charge in [0, 0.05) is 73.5 Å². The fourth-order valence-electron chi connectivity index (χ4n) is 8.10. The third-order valence-electron chi connectivity index (χ3n) is 13.0. The smallest absolute Gasteiger partial charge is 0.271 e. The van der Waals surface area contributed by atoms with Crippen molar-refractivity contribution in [3.05, 3.63) is 86.6 Å². The highest BCUT2D eigenvalue weighted by Gasteiger charge is 2.34. The number of aromatic amines is 1. The average Bonchev–Trinajstić information content (AvgIpc) is 4.27. The number of thiazole rings is 2. The number of carbonyl (C=O) groups excluding carboxylic acids is 7. The Bertz CT molecular complexity index is 2870. The number of rotatable bonds is 37. The quantitative estimate of drug-likeness (QED) is 0.0192. The van der Waals surface area contributed by atoms with Crippen LogP contribution in [0.5, 0.6) is 5.75 Å². The molecule has 0 aliphatic carbocycles. The van der Waals surface area contributed by atoms with E-state index in [2.05, 4.69) is 72.4 Å². The molecule has 0 spiro atoms. The number of imidazole rings is 1. The molecule has 28 nitrogen and oxygen atoms in total. The molecular weight excluding hydrogens is 1100 g/mol. The molecule has 0 aliphatic rings. The molecule has 0 radical (unpaired) electrons. The molecule has 30 heteroatoms. The van der Waals surface area contributed by atoms with E-state index >= 15 is 0 Å². The van der Waals surface area contributed by atoms with Crippen molar-refractivity contribution in [1.82, 2.24) is 72.4 Å². The first-order valence-corrected chi connectivity index (χ1v) is 28.6. The summed E-state index contributed by atoms with van der Waals surface area (Å²) in [6.45, 7) is 9.09. The third-order valence-corrected chi connectivity index (χ3v) is 14.8. The fraction of sp³-hybridized carbons (Fsp3) is 0.500. The zero-order chi connectivity index (χ0) is 59.7. The lowest BCUT2D eigenvalue weighted by Gasteiger charge is -2.28. The number of nitrogens with zero attached hydrogens (tertiary/aromatic N) is 5. The van der Waals surface area contributed by atoms with Gasteiger partial charge in [0.25, 0.3) is 11.8 Å². The Morgan fingerprint density at radius 3 is 2.12 bits per heavy atom. The van der Waals surface area contributed by atoms with E-state index in [1.807, 2.05) is 5.38 Å². The van der Waals surface area contributed by atoms with E-state index < -0.39 is 77.7 Å². The third kappa shape index (κ3) is 21.1. The van der Waals surface area contributed by atoms with Gasteiger partial charge in [0.15, 0.2) is 0 Å². The highest BCUT2D eigenvalue weighted by atomic mass is 32.1. The predicted octanol–water partition coefficient (Wildman–Crippen LogP) is -1.95. The minimum Gasteiger partial charge on any atom is -0.508 e. The SMILES string of the molecule is Cc1c(N)nc([C@H](CC(N)=O)NC[C@H](N)C(N)=O)nc1C(=O)N[C@@H](Cc1cnc[nH]1)C(=O)N[C@H](C)[C@@H](O)[C@H](C)C(=O)N[C@@H](Cc1ccc(O)cc1)C(=O)NCCc1nc(-c2nc(C(=O)NCCCNCCCCNCCCN)cs2)cs1. The zero-order valence-corrected chi connectivity index (χ0v) is 47.8. The number of anilines is 1. The van der Waals surface area contributed by atoms with Crippen LogP contribution in [0, 0.1) is 12.8 Å². The predicted molar refractivity (Wildman–Crippen MR) is 308 cm³/mol. The number of H-pyrrole nitrogens is 1. The van der Waals surface area contributed by atoms with Crippen LogP contribution in [0.1, 0.15) is 101 Å². The van der Waals surface area contributed by atoms with Gasteiger partial charge in [-0.05, 0) is 90.0 Å². The number of unbranched alkanes of at least 4 members (excludes halogenated alkanes) is 1. The minimum atomic E-state index is -1.52. The Balaban J connectivity index is 1.16. The number of primary amides is 2. The van der Waals surface area contributed by atoms with Crippen LogP contribution in [0.3, 0.4) is 0 Å². The molecule has 5 rings (SSSR count). The second kappa shape index (κ2) is 33.4. The van der Waals surface area contributed by atoms with Crippen molar-refractivity contribution in [3.8, 4) is 16.5 Å². The van der Waals surface area contributed by atoms with Gasteiger partial charge in [-0.15, -0.1) is 22.7 Å². The molecule has 4 aromatic heterocycles. The van der Waals surface area contributed by atoms with Crippen molar-refractivity contribution >= 4 is 69.8 Å². The largest absolute Gasteiger partial charge is 0.508 e. The topological polar surface area (TPSA) is 467 Å². The number of hydrogen-bond acceptors (Lipinski definition) is 22. The molecule has 0 saturated heterocycles. The summed E-state index contributed by atoms with van der Waals surface area (Å²) in [4.78, 5) is 117. The van der Waals surface area contributed by atoms with Gasteiger partial charge < -0.3 is 86.4 Å². The Hall–Kier alpha value is -7.58. The molecule has 21 N–H and O–H groups in total. The lowest BCUT2D eigenvalue weighted by molar-refractivity contribution is -0.134. The van der Waals surface area contributed by atoms with E-state index in [0.29, 0.717) is 52.2 Å². The Morgan fingerprint density at radius 2 is 1.45 bits per heavy atom. The fourth-order valence-corrected chi connectivity index (χ4v) is 9.72. The summed E-state index contributed by atoms with van der Waals surface area (Å²) in [5.41, 5.74) is 30.1. The van der Waals surface area contributed by atoms with Crippen molar-refractivity contribution in [2.24, 2.45) is 28.9 Å². The van der Waals surface area contributed by atoms with Crippen LogP contribution in [0.4, 0.5) is 5.82 Å². The van der Waals surface area contributed by atoms with Crippen LogP contribution in [-0.2, 0) is 43.2 Å². The molecule has 1 aromatic carbocycles. The van der Waals surface area contributed by atoms with E-state index in [1.165, 1.54) is 68.1 Å². The molecule has 0 fully saturated rings. The van der Waals surface area contributed by atoms with Gasteiger partial charge in [0.2, 0.25) is 29.5 Å². The maximum absolute atomic E-state index is 14.1. The lowest BCUT2D eigenvalue weighted by atomic mass is 9.96. The Labute approximate surface area is 482 Å². The second-order valence-electron chi connectivity index (χ2n) is 19.6. The highest BCUT2D eigenvalue weighted by Crippen LogP contribution is 2.26. The number of aromatic hydroxyl groups is 1. The standard InChI is InChI=1S/C52H77N19O9S2/c1-28-42(70-46(71-44(28)56)35(22-40(55)73)63-24-34(54)45(57)75)51(80)68-37(21-32-23-60-27-64-32)50(79)65-30(3)43(74)29(2)47(76)67-36(20-31-8-10-33(72)11-9-31)48(77)62-19-12-41-66-39(26-81-41)52-69-38(25-82-52)49(78)61-18-7-17-59-15-5-4-14-58-16-6-13-53/h8-11,23,25-27,29-30,34-37,43,58-59,63,72,74H,4-7,12-22,24,53-54H2,1-3H3,(H2,55,73)(H2,57,75)(H,60,64)(H,61,78)(H,62,77)(H,65,79)(H,67,76)(H,68,80)(H2,56,70,71)/t29-,30+,34-,35-,36-,37-,43-/m0/s1. The molecule has 7 atom stereocenters. The van der Waals surface area contributed by atoms with Gasteiger partial charge in [0.1, 0.15) is 51.6 Å². The van der Waals surface area contributed by atoms with E-state index in [0.717, 1.165) is 51.9 Å². The number of benzene rings is 1. The van der Waals surface area contributed by atoms with Crippen molar-refractivity contribution in [3.63, 3.8) is 0 Å². The molecular formula is C52H77N19O9S2. The maximum atomic E-state index is 14.1. The van der Waals surface area contributed by atoms with Crippen LogP contribution in [0.25, 0.3) is 10.7 Å². The Kier molecular flexibility index (Phi) is 26.5. The maximum Gasteiger partial charge on any atom is 0.271 e. The average molecular weight is 1180 g/mol. The van der Waals surface area contributed by atoms with Crippen molar-refractivity contribution in [2.75, 3.05) is 58.1 Å². The van der Waals surface area contributed by atoms with Gasteiger partial charge in [-0.3, -0.25) is 33.6 Å². The number of aliphatic hydroxyl groups excluding tert-OH is 1. The molecule has 0 aliphatic heterocycles. The van der Waals surface area contributed by atoms with Gasteiger partial charge in [-0.25, -0.2) is 24.9 Å². The summed E-state index contributed by atoms with van der Waals surface area (Å²) in [6, 6.07) is 0.320. The summed E-state index contributed by atoms with van der Waals surface area (Å²) < 4.78 is 0. The number of aromatic nitrogens is 6. The van der Waals surface area contributed by atoms with Crippen LogP contribution in [0.2, 0.25) is 0 Å². The first-order chi connectivity index (χ1) is 39.2. The molecule has 7 amide bonds. The van der Waals surface area contributed by atoms with Crippen molar-refractivity contribution in [2.45, 2.75) is 108 Å². The summed E-state index contributed by atoms with van der Waals surface area (Å²) in [5.74, 6) is -6.24. The molecule has 446 valence electrons.